The summed E-state index contributed by atoms with van der Waals surface area (Å²) in [6.45, 7) is 13.2. The Kier molecular flexibility index (Phi) is 11.5. The number of nitrogens with one attached hydrogen (secondary N) is 4. The summed E-state index contributed by atoms with van der Waals surface area (Å²) in [5.74, 6) is 1.35. The van der Waals surface area contributed by atoms with Gasteiger partial charge in [-0.2, -0.15) is 0 Å². The maximum Gasteiger partial charge on any atom is 0.407 e. The van der Waals surface area contributed by atoms with Crippen molar-refractivity contribution in [2.75, 3.05) is 27.3 Å². The molecule has 1 fully saturated rings. The molecule has 0 radical (unpaired) electrons. The number of amides is 4. The number of fused-ring (bicyclic) bond motifs is 3. The fourth-order valence-electron chi connectivity index (χ4n) is 9.69. The molecule has 4 amide bonds. The summed E-state index contributed by atoms with van der Waals surface area (Å²) in [5.41, 5.74) is 11.6. The van der Waals surface area contributed by atoms with Crippen LogP contribution in [0.1, 0.15) is 83.3 Å². The van der Waals surface area contributed by atoms with E-state index in [1.807, 2.05) is 57.3 Å². The van der Waals surface area contributed by atoms with Gasteiger partial charge in [0.05, 0.1) is 44.4 Å². The number of methoxy groups -OCH3 is 2. The van der Waals surface area contributed by atoms with Crippen LogP contribution in [0.4, 0.5) is 9.59 Å². The maximum absolute atomic E-state index is 13.9. The highest BCUT2D eigenvalue weighted by atomic mass is 16.5. The topological polar surface area (TPSA) is 167 Å². The van der Waals surface area contributed by atoms with Gasteiger partial charge in [0.25, 0.3) is 0 Å². The smallest absolute Gasteiger partial charge is 0.407 e. The second-order valence-corrected chi connectivity index (χ2v) is 18.0. The number of rotatable bonds is 12. The molecule has 0 saturated heterocycles. The molecule has 14 heteroatoms. The lowest BCUT2D eigenvalue weighted by Crippen LogP contribution is -2.53. The van der Waals surface area contributed by atoms with Crippen molar-refractivity contribution in [3.8, 4) is 33.6 Å². The zero-order chi connectivity index (χ0) is 43.3. The molecule has 14 nitrogen and oxygen atoms in total. The van der Waals surface area contributed by atoms with Gasteiger partial charge in [0.1, 0.15) is 23.9 Å². The van der Waals surface area contributed by atoms with Crippen LogP contribution in [-0.4, -0.2) is 99.0 Å². The molecule has 2 aliphatic heterocycles. The minimum atomic E-state index is -0.725. The summed E-state index contributed by atoms with van der Waals surface area (Å²) in [5, 5.41) is 8.92. The van der Waals surface area contributed by atoms with Crippen molar-refractivity contribution in [2.24, 2.45) is 17.8 Å². The Labute approximate surface area is 357 Å². The zero-order valence-electron chi connectivity index (χ0n) is 36.4. The molecule has 2 aromatic heterocycles. The van der Waals surface area contributed by atoms with Gasteiger partial charge < -0.3 is 34.9 Å². The van der Waals surface area contributed by atoms with E-state index >= 15 is 0 Å². The number of aromatic nitrogens is 4. The lowest BCUT2D eigenvalue weighted by molar-refractivity contribution is -0.135. The van der Waals surface area contributed by atoms with E-state index in [4.69, 9.17) is 14.5 Å². The molecule has 4 N–H and O–H groups in total. The van der Waals surface area contributed by atoms with E-state index in [9.17, 15) is 19.2 Å². The van der Waals surface area contributed by atoms with Crippen LogP contribution in [0.25, 0.3) is 33.6 Å². The lowest BCUT2D eigenvalue weighted by atomic mass is 9.73. The van der Waals surface area contributed by atoms with Crippen molar-refractivity contribution in [1.82, 2.24) is 40.2 Å². The summed E-state index contributed by atoms with van der Waals surface area (Å²) < 4.78 is 11.6. The van der Waals surface area contributed by atoms with Crippen LogP contribution in [0.15, 0.2) is 72.1 Å². The van der Waals surface area contributed by atoms with Gasteiger partial charge in [-0.3, -0.25) is 19.4 Å². The van der Waals surface area contributed by atoms with Crippen LogP contribution in [0.3, 0.4) is 0 Å². The minimum absolute atomic E-state index is 0.0950. The second kappa shape index (κ2) is 16.8. The quantitative estimate of drug-likeness (QED) is 0.109. The fraction of sp³-hybridized carbons (Fsp3) is 0.468. The number of alkyl carbamates (subject to hydrolysis) is 2. The van der Waals surface area contributed by atoms with Crippen molar-refractivity contribution in [2.45, 2.75) is 97.4 Å². The van der Waals surface area contributed by atoms with Gasteiger partial charge in [-0.1, -0.05) is 87.4 Å². The second-order valence-electron chi connectivity index (χ2n) is 18.0. The Hall–Kier alpha value is -6.05. The molecular formula is C47H58N8O6. The highest BCUT2D eigenvalue weighted by Crippen LogP contribution is 2.56. The zero-order valence-corrected chi connectivity index (χ0v) is 36.4. The third-order valence-corrected chi connectivity index (χ3v) is 13.1. The van der Waals surface area contributed by atoms with Gasteiger partial charge in [-0.25, -0.2) is 14.6 Å². The normalized spacial score (nSPS) is 21.4. The van der Waals surface area contributed by atoms with E-state index < -0.39 is 24.3 Å². The molecular weight excluding hydrogens is 773 g/mol. The van der Waals surface area contributed by atoms with Crippen molar-refractivity contribution >= 4 is 24.0 Å². The van der Waals surface area contributed by atoms with E-state index in [0.717, 1.165) is 40.1 Å². The number of H-pyrrole nitrogens is 2. The molecule has 1 saturated carbocycles. The lowest BCUT2D eigenvalue weighted by Gasteiger charge is -2.32. The van der Waals surface area contributed by atoms with Gasteiger partial charge in [-0.05, 0) is 79.0 Å². The largest absolute Gasteiger partial charge is 0.453 e. The van der Waals surface area contributed by atoms with Crippen molar-refractivity contribution < 1.29 is 28.7 Å². The highest BCUT2D eigenvalue weighted by Gasteiger charge is 2.43. The van der Waals surface area contributed by atoms with Gasteiger partial charge >= 0.3 is 12.2 Å². The molecule has 4 aromatic rings. The van der Waals surface area contributed by atoms with Crippen LogP contribution < -0.4 is 10.6 Å². The molecule has 4 heterocycles. The van der Waals surface area contributed by atoms with E-state index in [0.29, 0.717) is 37.3 Å². The standard InChI is InChI=1S/C47H58N8O6/c1-25(2)41(50-46(58)60-7)44(56)54-21-27(5)17-32(54)23-53-24-38(52-53)30-11-9-29(10-12-30)33-15-16-35(36-19-31-13-14-34(31)40(33)36)37-20-48-43(49-37)39-18-28(6)22-55(39)45(57)42(26(3)4)51-47(59)61-8/h9-12,15-18,20,24-26,31-32,34,39,41-42,52H,13-14,19,21-23H2,1-8H3,(H,48,49)(H,50,58)(H,51,59)/t31?,32-,34?,39-,41-,42-/m0/s1. The number of hydrogen-bond acceptors (Lipinski definition) is 7. The monoisotopic (exact) mass is 830 g/mol. The van der Waals surface area contributed by atoms with Crippen LogP contribution in [0.5, 0.6) is 0 Å². The molecule has 6 atom stereocenters. The Morgan fingerprint density at radius 3 is 1.98 bits per heavy atom. The number of aromatic amines is 2. The number of carbonyl (C=O) groups is 4. The van der Waals surface area contributed by atoms with Crippen molar-refractivity contribution in [3.05, 3.63) is 89.0 Å². The fourth-order valence-corrected chi connectivity index (χ4v) is 9.69. The van der Waals surface area contributed by atoms with E-state index in [-0.39, 0.29) is 35.7 Å². The molecule has 61 heavy (non-hydrogen) atoms. The Morgan fingerprint density at radius 1 is 0.787 bits per heavy atom. The number of imidazole rings is 1. The van der Waals surface area contributed by atoms with Crippen LogP contribution in [0, 0.1) is 17.8 Å². The minimum Gasteiger partial charge on any atom is -0.453 e. The van der Waals surface area contributed by atoms with Gasteiger partial charge in [-0.15, -0.1) is 0 Å². The van der Waals surface area contributed by atoms with E-state index in [1.54, 1.807) is 4.90 Å². The first-order valence-electron chi connectivity index (χ1n) is 21.5. The first-order chi connectivity index (χ1) is 29.2. The summed E-state index contributed by atoms with van der Waals surface area (Å²) in [6.07, 6.45) is 10.4. The number of hydrogen-bond donors (Lipinski definition) is 4. The Balaban J connectivity index is 0.984. The van der Waals surface area contributed by atoms with Crippen molar-refractivity contribution in [3.63, 3.8) is 0 Å². The third kappa shape index (κ3) is 7.99. The summed E-state index contributed by atoms with van der Waals surface area (Å²) in [4.78, 5) is 63.7. The van der Waals surface area contributed by atoms with E-state index in [1.165, 1.54) is 49.3 Å². The predicted molar refractivity (Wildman–Crippen MR) is 232 cm³/mol. The summed E-state index contributed by atoms with van der Waals surface area (Å²) in [7, 11) is 2.60. The Morgan fingerprint density at radius 2 is 1.38 bits per heavy atom. The molecule has 0 spiro atoms. The predicted octanol–water partition coefficient (Wildman–Crippen LogP) is 7.34. The first kappa shape index (κ1) is 41.7. The van der Waals surface area contributed by atoms with E-state index in [2.05, 4.69) is 75.5 Å². The van der Waals surface area contributed by atoms with Gasteiger partial charge in [0.2, 0.25) is 11.8 Å². The summed E-state index contributed by atoms with van der Waals surface area (Å²) in [6, 6.07) is 11.3. The molecule has 2 aromatic carbocycles. The van der Waals surface area contributed by atoms with Gasteiger partial charge in [0, 0.05) is 30.4 Å². The first-order valence-corrected chi connectivity index (χ1v) is 21.5. The molecule has 0 bridgehead atoms. The maximum atomic E-state index is 13.9. The highest BCUT2D eigenvalue weighted by molar-refractivity contribution is 5.88. The molecule has 8 rings (SSSR count). The average Bonchev–Trinajstić information content (AvgIpc) is 4.00. The van der Waals surface area contributed by atoms with Crippen LogP contribution >= 0.6 is 0 Å². The number of carbonyl (C=O) groups excluding carboxylic acids is 4. The van der Waals surface area contributed by atoms with Crippen LogP contribution in [-0.2, 0) is 32.0 Å². The Bertz CT molecular complexity index is 2370. The van der Waals surface area contributed by atoms with Crippen molar-refractivity contribution in [1.29, 1.82) is 0 Å². The molecule has 2 unspecified atom stereocenters. The number of ether oxygens (including phenoxy) is 2. The van der Waals surface area contributed by atoms with Gasteiger partial charge in [0.15, 0.2) is 0 Å². The number of benzene rings is 2. The molecule has 322 valence electrons. The SMILES string of the molecule is COC(=O)N[C@H](C(=O)N1CC(C)=C[C@H]1Cn1cc(-c2ccc(-c3ccc(-c4cnc([C@@H]5C=C(C)CN5C(=O)[C@@H](NC(=O)OC)C(C)C)[nH]4)c4c3C3CCC3C4)cc2)[nH]1)C(C)C. The molecule has 4 aliphatic rings. The molecule has 2 aliphatic carbocycles. The summed E-state index contributed by atoms with van der Waals surface area (Å²) >= 11 is 0. The number of nitrogens with zero attached hydrogens (tertiary/aromatic N) is 4. The average molecular weight is 831 g/mol. The van der Waals surface area contributed by atoms with Crippen LogP contribution in [0.2, 0.25) is 0 Å². The third-order valence-electron chi connectivity index (χ3n) is 13.1.